The van der Waals surface area contributed by atoms with E-state index in [9.17, 15) is 8.42 Å². The smallest absolute Gasteiger partial charge is 0.260 e. The molecule has 8 heteroatoms. The van der Waals surface area contributed by atoms with Gasteiger partial charge in [-0.2, -0.15) is 9.57 Å². The molecule has 2 rings (SSSR count). The Morgan fingerprint density at radius 3 is 2.95 bits per heavy atom. The fraction of sp³-hybridized carbons (Fsp3) is 0.455. The summed E-state index contributed by atoms with van der Waals surface area (Å²) in [4.78, 5) is 3.87. The predicted molar refractivity (Wildman–Crippen MR) is 72.4 cm³/mol. The Labute approximate surface area is 118 Å². The molecule has 1 aromatic heterocycles. The third kappa shape index (κ3) is 3.22. The number of sulfonamides is 1. The average molecular weight is 303 g/mol. The molecule has 1 atom stereocenters. The molecule has 1 N–H and O–H groups in total. The molecule has 19 heavy (non-hydrogen) atoms. The number of aromatic nitrogens is 1. The van der Waals surface area contributed by atoms with Crippen molar-refractivity contribution in [2.24, 2.45) is 0 Å². The molecule has 0 spiro atoms. The lowest BCUT2D eigenvalue weighted by Gasteiger charge is -2.32. The Kier molecular flexibility index (Phi) is 5.26. The van der Waals surface area contributed by atoms with Gasteiger partial charge in [0.1, 0.15) is 0 Å². The lowest BCUT2D eigenvalue weighted by atomic mass is 10.3. The van der Waals surface area contributed by atoms with Gasteiger partial charge in [-0.3, -0.25) is 0 Å². The maximum atomic E-state index is 12.4. The first-order valence-corrected chi connectivity index (χ1v) is 7.08. The van der Waals surface area contributed by atoms with Crippen LogP contribution in [0.3, 0.4) is 0 Å². The van der Waals surface area contributed by atoms with Crippen molar-refractivity contribution in [3.05, 3.63) is 23.9 Å². The SMILES string of the molecule is CC1CNCCN1S(=O)(=O)c1cc(C#N)ccn1.Cl. The summed E-state index contributed by atoms with van der Waals surface area (Å²) in [5, 5.41) is 11.9. The summed E-state index contributed by atoms with van der Waals surface area (Å²) in [6, 6.07) is 4.60. The second-order valence-electron chi connectivity index (χ2n) is 4.16. The molecule has 1 aliphatic heterocycles. The highest BCUT2D eigenvalue weighted by molar-refractivity contribution is 7.89. The Bertz CT molecular complexity index is 585. The number of rotatable bonds is 2. The quantitative estimate of drug-likeness (QED) is 0.852. The molecule has 0 radical (unpaired) electrons. The van der Waals surface area contributed by atoms with E-state index in [0.717, 1.165) is 0 Å². The van der Waals surface area contributed by atoms with Crippen molar-refractivity contribution in [3.63, 3.8) is 0 Å². The number of piperazine rings is 1. The van der Waals surface area contributed by atoms with E-state index in [1.54, 1.807) is 0 Å². The number of nitrogens with one attached hydrogen (secondary N) is 1. The fourth-order valence-corrected chi connectivity index (χ4v) is 3.51. The molecular weight excluding hydrogens is 288 g/mol. The van der Waals surface area contributed by atoms with E-state index in [1.165, 1.54) is 22.6 Å². The zero-order valence-electron chi connectivity index (χ0n) is 10.4. The zero-order chi connectivity index (χ0) is 13.2. The molecule has 6 nitrogen and oxygen atoms in total. The van der Waals surface area contributed by atoms with E-state index in [0.29, 0.717) is 25.2 Å². The van der Waals surface area contributed by atoms with Crippen molar-refractivity contribution in [1.82, 2.24) is 14.6 Å². The van der Waals surface area contributed by atoms with E-state index in [2.05, 4.69) is 10.3 Å². The van der Waals surface area contributed by atoms with Gasteiger partial charge in [-0.1, -0.05) is 0 Å². The van der Waals surface area contributed by atoms with Crippen LogP contribution in [0.5, 0.6) is 0 Å². The molecule has 0 saturated carbocycles. The molecule has 0 bridgehead atoms. The molecule has 1 saturated heterocycles. The van der Waals surface area contributed by atoms with Gasteiger partial charge in [-0.15, -0.1) is 12.4 Å². The van der Waals surface area contributed by atoms with Gasteiger partial charge >= 0.3 is 0 Å². The second kappa shape index (κ2) is 6.30. The van der Waals surface area contributed by atoms with Gasteiger partial charge in [0, 0.05) is 31.9 Å². The number of hydrogen-bond acceptors (Lipinski definition) is 5. The highest BCUT2D eigenvalue weighted by Gasteiger charge is 2.31. The van der Waals surface area contributed by atoms with Crippen molar-refractivity contribution in [3.8, 4) is 6.07 Å². The van der Waals surface area contributed by atoms with Gasteiger partial charge in [0.05, 0.1) is 11.6 Å². The lowest BCUT2D eigenvalue weighted by molar-refractivity contribution is 0.283. The van der Waals surface area contributed by atoms with Gasteiger partial charge in [-0.05, 0) is 19.1 Å². The number of hydrogen-bond donors (Lipinski definition) is 1. The summed E-state index contributed by atoms with van der Waals surface area (Å²) < 4.78 is 26.2. The van der Waals surface area contributed by atoms with Crippen LogP contribution >= 0.6 is 12.4 Å². The van der Waals surface area contributed by atoms with Crippen LogP contribution in [0.4, 0.5) is 0 Å². The first-order valence-electron chi connectivity index (χ1n) is 5.64. The number of pyridine rings is 1. The first-order chi connectivity index (χ1) is 8.55. The summed E-state index contributed by atoms with van der Waals surface area (Å²) in [6.07, 6.45) is 1.35. The maximum Gasteiger partial charge on any atom is 0.260 e. The van der Waals surface area contributed by atoms with Crippen molar-refractivity contribution < 1.29 is 8.42 Å². The maximum absolute atomic E-state index is 12.4. The van der Waals surface area contributed by atoms with Crippen LogP contribution in [0.2, 0.25) is 0 Å². The van der Waals surface area contributed by atoms with Crippen molar-refractivity contribution in [2.45, 2.75) is 18.0 Å². The van der Waals surface area contributed by atoms with Crippen LogP contribution < -0.4 is 5.32 Å². The lowest BCUT2D eigenvalue weighted by Crippen LogP contribution is -2.52. The van der Waals surface area contributed by atoms with Gasteiger partial charge in [-0.25, -0.2) is 13.4 Å². The molecule has 1 aliphatic rings. The van der Waals surface area contributed by atoms with Crippen LogP contribution in [0.15, 0.2) is 23.4 Å². The van der Waals surface area contributed by atoms with Crippen LogP contribution in [-0.2, 0) is 10.0 Å². The standard InChI is InChI=1S/C11H14N4O2S.ClH/c1-9-8-13-4-5-15(9)18(16,17)11-6-10(7-12)2-3-14-11;/h2-3,6,9,13H,4-5,8H2,1H3;1H. The molecule has 0 aliphatic carbocycles. The summed E-state index contributed by atoms with van der Waals surface area (Å²) >= 11 is 0. The highest BCUT2D eigenvalue weighted by atomic mass is 35.5. The minimum atomic E-state index is -3.61. The minimum absolute atomic E-state index is 0. The average Bonchev–Trinajstić information content (AvgIpc) is 2.39. The number of nitriles is 1. The van der Waals surface area contributed by atoms with Crippen LogP contribution in [0, 0.1) is 11.3 Å². The Morgan fingerprint density at radius 1 is 1.58 bits per heavy atom. The second-order valence-corrected chi connectivity index (χ2v) is 6.00. The van der Waals surface area contributed by atoms with Crippen LogP contribution in [0.25, 0.3) is 0 Å². The van der Waals surface area contributed by atoms with Crippen molar-refractivity contribution >= 4 is 22.4 Å². The summed E-state index contributed by atoms with van der Waals surface area (Å²) in [5.74, 6) is 0. The van der Waals surface area contributed by atoms with Crippen LogP contribution in [-0.4, -0.2) is 43.4 Å². The fourth-order valence-electron chi connectivity index (χ4n) is 1.92. The molecule has 104 valence electrons. The summed E-state index contributed by atoms with van der Waals surface area (Å²) in [5.41, 5.74) is 0.298. The van der Waals surface area contributed by atoms with Gasteiger partial charge in [0.2, 0.25) is 0 Å². The third-order valence-electron chi connectivity index (χ3n) is 2.88. The summed E-state index contributed by atoms with van der Waals surface area (Å²) in [7, 11) is -3.61. The molecule has 1 unspecified atom stereocenters. The normalized spacial score (nSPS) is 20.3. The monoisotopic (exact) mass is 302 g/mol. The summed E-state index contributed by atoms with van der Waals surface area (Å²) in [6.45, 7) is 3.51. The van der Waals surface area contributed by atoms with Crippen molar-refractivity contribution in [1.29, 1.82) is 5.26 Å². The Hall–Kier alpha value is -1.20. The van der Waals surface area contributed by atoms with Crippen LogP contribution in [0.1, 0.15) is 12.5 Å². The number of halogens is 1. The predicted octanol–water partition coefficient (Wildman–Crippen LogP) is 0.357. The first kappa shape index (κ1) is 15.9. The third-order valence-corrected chi connectivity index (χ3v) is 4.79. The molecule has 1 aromatic rings. The van der Waals surface area contributed by atoms with Gasteiger partial charge < -0.3 is 5.32 Å². The van der Waals surface area contributed by atoms with Crippen molar-refractivity contribution in [2.75, 3.05) is 19.6 Å². The number of nitrogens with zero attached hydrogens (tertiary/aromatic N) is 3. The zero-order valence-corrected chi connectivity index (χ0v) is 12.0. The van der Waals surface area contributed by atoms with E-state index in [1.807, 2.05) is 13.0 Å². The Balaban J connectivity index is 0.00000180. The molecule has 0 amide bonds. The van der Waals surface area contributed by atoms with E-state index < -0.39 is 10.0 Å². The molecule has 2 heterocycles. The van der Waals surface area contributed by atoms with Gasteiger partial charge in [0.15, 0.2) is 5.03 Å². The molecular formula is C11H15ClN4O2S. The highest BCUT2D eigenvalue weighted by Crippen LogP contribution is 2.17. The van der Waals surface area contributed by atoms with Gasteiger partial charge in [0.25, 0.3) is 10.0 Å². The molecule has 0 aromatic carbocycles. The largest absolute Gasteiger partial charge is 0.314 e. The Morgan fingerprint density at radius 2 is 2.32 bits per heavy atom. The van der Waals surface area contributed by atoms with E-state index in [-0.39, 0.29) is 23.5 Å². The van der Waals surface area contributed by atoms with E-state index in [4.69, 9.17) is 5.26 Å². The topological polar surface area (TPSA) is 86.1 Å². The van der Waals surface area contributed by atoms with E-state index >= 15 is 0 Å². The molecule has 1 fully saturated rings. The minimum Gasteiger partial charge on any atom is -0.314 e.